The van der Waals surface area contributed by atoms with Gasteiger partial charge >= 0.3 is 6.03 Å². The zero-order valence-corrected chi connectivity index (χ0v) is 14.1. The van der Waals surface area contributed by atoms with Crippen molar-refractivity contribution in [2.75, 3.05) is 5.32 Å². The van der Waals surface area contributed by atoms with Gasteiger partial charge in [0, 0.05) is 10.2 Å². The fraction of sp³-hybridized carbons (Fsp3) is 0. The molecule has 0 aromatic heterocycles. The molecule has 0 radical (unpaired) electrons. The van der Waals surface area contributed by atoms with Crippen LogP contribution in [0.1, 0.15) is 0 Å². The Hall–Kier alpha value is -2.39. The van der Waals surface area contributed by atoms with Crippen LogP contribution in [0.2, 0.25) is 0 Å². The molecule has 2 rings (SSSR count). The number of nitrogens with one attached hydrogen (secondary N) is 1. The molecule has 0 heterocycles. The number of halogens is 1. The predicted molar refractivity (Wildman–Crippen MR) is 90.9 cm³/mol. The molecule has 0 bridgehead atoms. The van der Waals surface area contributed by atoms with Gasteiger partial charge in [0.15, 0.2) is 5.96 Å². The van der Waals surface area contributed by atoms with Crippen LogP contribution in [0.25, 0.3) is 0 Å². The summed E-state index contributed by atoms with van der Waals surface area (Å²) >= 11 is 3.25. The van der Waals surface area contributed by atoms with Gasteiger partial charge in [-0.2, -0.15) is 4.99 Å². The van der Waals surface area contributed by atoms with Crippen molar-refractivity contribution < 1.29 is 13.2 Å². The maximum atomic E-state index is 12.5. The van der Waals surface area contributed by atoms with Gasteiger partial charge in [0.2, 0.25) is 9.84 Å². The van der Waals surface area contributed by atoms with Crippen LogP contribution < -0.4 is 16.8 Å². The van der Waals surface area contributed by atoms with E-state index in [0.29, 0.717) is 5.69 Å². The number of aliphatic imine (C=N–C) groups is 1. The number of carbonyl (C=O) groups excluding carboxylic acids is 1. The highest BCUT2D eigenvalue weighted by Crippen LogP contribution is 2.23. The molecule has 5 N–H and O–H groups in total. The third-order valence-corrected chi connectivity index (χ3v) is 5.08. The minimum atomic E-state index is -3.62. The molecule has 2 amide bonds. The maximum Gasteiger partial charge on any atom is 0.348 e. The Morgan fingerprint density at radius 3 is 1.91 bits per heavy atom. The summed E-state index contributed by atoms with van der Waals surface area (Å²) in [4.78, 5) is 15.0. The lowest BCUT2D eigenvalue weighted by atomic mass is 10.3. The van der Waals surface area contributed by atoms with Gasteiger partial charge in [0.25, 0.3) is 0 Å². The quantitative estimate of drug-likeness (QED) is 0.540. The minimum Gasteiger partial charge on any atom is -0.370 e. The van der Waals surface area contributed by atoms with Gasteiger partial charge in [0.05, 0.1) is 9.79 Å². The minimum absolute atomic E-state index is 0.111. The van der Waals surface area contributed by atoms with E-state index in [0.717, 1.165) is 4.47 Å². The van der Waals surface area contributed by atoms with Crippen molar-refractivity contribution >= 4 is 43.4 Å². The highest BCUT2D eigenvalue weighted by Gasteiger charge is 2.17. The van der Waals surface area contributed by atoms with Gasteiger partial charge in [-0.3, -0.25) is 0 Å². The first kappa shape index (κ1) is 17.0. The van der Waals surface area contributed by atoms with E-state index in [1.54, 1.807) is 12.1 Å². The van der Waals surface area contributed by atoms with E-state index in [-0.39, 0.29) is 15.8 Å². The zero-order valence-electron chi connectivity index (χ0n) is 11.7. The van der Waals surface area contributed by atoms with Gasteiger partial charge in [-0.25, -0.2) is 13.2 Å². The number of benzene rings is 2. The number of guanidine groups is 1. The van der Waals surface area contributed by atoms with Crippen molar-refractivity contribution in [1.82, 2.24) is 0 Å². The zero-order chi connectivity index (χ0) is 17.0. The molecule has 0 unspecified atom stereocenters. The first-order valence-corrected chi connectivity index (χ1v) is 8.58. The van der Waals surface area contributed by atoms with E-state index in [2.05, 4.69) is 26.2 Å². The summed E-state index contributed by atoms with van der Waals surface area (Å²) in [6.07, 6.45) is 0. The molecular weight excluding hydrogens is 384 g/mol. The third-order valence-electron chi connectivity index (χ3n) is 2.77. The lowest BCUT2D eigenvalue weighted by Crippen LogP contribution is -2.25. The normalized spacial score (nSPS) is 10.8. The largest absolute Gasteiger partial charge is 0.370 e. The van der Waals surface area contributed by atoms with Crippen molar-refractivity contribution in [3.8, 4) is 0 Å². The Morgan fingerprint density at radius 2 is 1.43 bits per heavy atom. The molecule has 0 aliphatic rings. The fourth-order valence-electron chi connectivity index (χ4n) is 1.74. The summed E-state index contributed by atoms with van der Waals surface area (Å²) in [7, 11) is -3.62. The van der Waals surface area contributed by atoms with Gasteiger partial charge < -0.3 is 16.8 Å². The maximum absolute atomic E-state index is 12.5. The number of nitrogens with zero attached hydrogens (tertiary/aromatic N) is 1. The van der Waals surface area contributed by atoms with Gasteiger partial charge in [-0.05, 0) is 48.5 Å². The summed E-state index contributed by atoms with van der Waals surface area (Å²) in [5.74, 6) is -0.364. The molecule has 120 valence electrons. The molecule has 0 spiro atoms. The van der Waals surface area contributed by atoms with Crippen molar-refractivity contribution in [2.45, 2.75) is 9.79 Å². The second-order valence-corrected chi connectivity index (χ2v) is 7.31. The highest BCUT2D eigenvalue weighted by atomic mass is 79.9. The predicted octanol–water partition coefficient (Wildman–Crippen LogP) is 2.09. The van der Waals surface area contributed by atoms with Crippen molar-refractivity contribution in [1.29, 1.82) is 0 Å². The van der Waals surface area contributed by atoms with Crippen LogP contribution in [0.5, 0.6) is 0 Å². The van der Waals surface area contributed by atoms with Crippen LogP contribution in [0.3, 0.4) is 0 Å². The number of anilines is 1. The Morgan fingerprint density at radius 1 is 0.957 bits per heavy atom. The molecule has 0 atom stereocenters. The highest BCUT2D eigenvalue weighted by molar-refractivity contribution is 9.10. The smallest absolute Gasteiger partial charge is 0.348 e. The van der Waals surface area contributed by atoms with Gasteiger partial charge in [-0.1, -0.05) is 15.9 Å². The van der Waals surface area contributed by atoms with E-state index in [1.165, 1.54) is 36.4 Å². The van der Waals surface area contributed by atoms with Crippen molar-refractivity contribution in [2.24, 2.45) is 16.5 Å². The van der Waals surface area contributed by atoms with E-state index in [1.807, 2.05) is 0 Å². The molecule has 0 aliphatic carbocycles. The SMILES string of the molecule is NC(N)=NC(=O)Nc1ccc(S(=O)(=O)c2ccc(Br)cc2)cc1. The number of hydrogen-bond donors (Lipinski definition) is 3. The monoisotopic (exact) mass is 396 g/mol. The Labute approximate surface area is 141 Å². The number of hydrogen-bond acceptors (Lipinski definition) is 3. The van der Waals surface area contributed by atoms with E-state index >= 15 is 0 Å². The molecule has 0 saturated heterocycles. The number of urea groups is 1. The number of nitrogens with two attached hydrogens (primary N) is 2. The Bertz CT molecular complexity index is 843. The summed E-state index contributed by atoms with van der Waals surface area (Å²) < 4.78 is 25.7. The fourth-order valence-corrected chi connectivity index (χ4v) is 3.26. The molecule has 0 saturated carbocycles. The molecule has 23 heavy (non-hydrogen) atoms. The molecule has 2 aromatic carbocycles. The average molecular weight is 397 g/mol. The van der Waals surface area contributed by atoms with Crippen LogP contribution in [0.4, 0.5) is 10.5 Å². The molecule has 0 aliphatic heterocycles. The number of amides is 2. The third kappa shape index (κ3) is 4.30. The Balaban J connectivity index is 2.23. The second-order valence-electron chi connectivity index (χ2n) is 4.45. The van der Waals surface area contributed by atoms with Crippen LogP contribution in [0, 0.1) is 0 Å². The Kier molecular flexibility index (Phi) is 5.02. The van der Waals surface area contributed by atoms with Crippen molar-refractivity contribution in [3.05, 3.63) is 53.0 Å². The van der Waals surface area contributed by atoms with E-state index in [4.69, 9.17) is 11.5 Å². The molecule has 9 heteroatoms. The molecule has 7 nitrogen and oxygen atoms in total. The van der Waals surface area contributed by atoms with Gasteiger partial charge in [-0.15, -0.1) is 0 Å². The van der Waals surface area contributed by atoms with Crippen molar-refractivity contribution in [3.63, 3.8) is 0 Å². The number of sulfone groups is 1. The first-order valence-electron chi connectivity index (χ1n) is 6.30. The second kappa shape index (κ2) is 6.80. The number of carbonyl (C=O) groups is 1. The topological polar surface area (TPSA) is 128 Å². The van der Waals surface area contributed by atoms with Gasteiger partial charge in [0.1, 0.15) is 0 Å². The standard InChI is InChI=1S/C14H13BrN4O3S/c15-9-1-5-11(6-2-9)23(21,22)12-7-3-10(4-8-12)18-14(20)19-13(16)17/h1-8H,(H5,16,17,18,19,20). The summed E-state index contributed by atoms with van der Waals surface area (Å²) in [5, 5.41) is 2.41. The van der Waals surface area contributed by atoms with Crippen LogP contribution in [-0.2, 0) is 9.84 Å². The summed E-state index contributed by atoms with van der Waals surface area (Å²) in [6, 6.07) is 11.3. The van der Waals surface area contributed by atoms with Crippen LogP contribution in [0.15, 0.2) is 67.8 Å². The molecule has 0 fully saturated rings. The average Bonchev–Trinajstić information content (AvgIpc) is 2.47. The first-order chi connectivity index (χ1) is 10.8. The lowest BCUT2D eigenvalue weighted by Gasteiger charge is -2.06. The van der Waals surface area contributed by atoms with E-state index in [9.17, 15) is 13.2 Å². The summed E-state index contributed by atoms with van der Waals surface area (Å²) in [6.45, 7) is 0. The number of rotatable bonds is 3. The van der Waals surface area contributed by atoms with Crippen LogP contribution >= 0.6 is 15.9 Å². The van der Waals surface area contributed by atoms with E-state index < -0.39 is 15.9 Å². The molecular formula is C14H13BrN4O3S. The lowest BCUT2D eigenvalue weighted by molar-refractivity contribution is 0.259. The molecule has 2 aromatic rings. The summed E-state index contributed by atoms with van der Waals surface area (Å²) in [5.41, 5.74) is 10.5. The van der Waals surface area contributed by atoms with Crippen LogP contribution in [-0.4, -0.2) is 20.4 Å².